The van der Waals surface area contributed by atoms with Crippen LogP contribution in [0.2, 0.25) is 0 Å². The van der Waals surface area contributed by atoms with E-state index < -0.39 is 12.2 Å². The number of ether oxygens (including phenoxy) is 2. The lowest BCUT2D eigenvalue weighted by Crippen LogP contribution is -2.44. The molecule has 0 spiro atoms. The Hall–Kier alpha value is -3.33. The lowest BCUT2D eigenvalue weighted by atomic mass is 10.0. The summed E-state index contributed by atoms with van der Waals surface area (Å²) in [6.07, 6.45) is 0.637. The molecule has 0 radical (unpaired) electrons. The molecule has 1 aliphatic carbocycles. The third-order valence-electron chi connectivity index (χ3n) is 8.27. The Morgan fingerprint density at radius 1 is 1.07 bits per heavy atom. The number of hydrogen-bond donors (Lipinski definition) is 2. The molecule has 3 aliphatic rings. The van der Waals surface area contributed by atoms with Gasteiger partial charge in [0.1, 0.15) is 11.6 Å². The van der Waals surface area contributed by atoms with Gasteiger partial charge in [0.05, 0.1) is 52.2 Å². The van der Waals surface area contributed by atoms with Crippen LogP contribution in [0.5, 0.6) is 6.01 Å². The van der Waals surface area contributed by atoms with Crippen LogP contribution in [0.15, 0.2) is 18.3 Å². The third kappa shape index (κ3) is 5.21. The minimum atomic E-state index is -2.93. The van der Waals surface area contributed by atoms with Gasteiger partial charge < -0.3 is 25.4 Å². The van der Waals surface area contributed by atoms with Gasteiger partial charge in [0.15, 0.2) is 5.13 Å². The van der Waals surface area contributed by atoms with Crippen molar-refractivity contribution in [3.8, 4) is 17.3 Å². The Bertz CT molecular complexity index is 1620. The van der Waals surface area contributed by atoms with Crippen LogP contribution in [0.3, 0.4) is 0 Å². The lowest BCUT2D eigenvalue weighted by Gasteiger charge is -2.31. The number of morpholine rings is 1. The van der Waals surface area contributed by atoms with Crippen LogP contribution in [0.25, 0.3) is 32.4 Å². The largest absolute Gasteiger partial charge is 0.463 e. The number of piperazine rings is 1. The Kier molecular flexibility index (Phi) is 7.24. The van der Waals surface area contributed by atoms with Gasteiger partial charge in [-0.05, 0) is 25.0 Å². The van der Waals surface area contributed by atoms with Crippen LogP contribution >= 0.6 is 11.3 Å². The number of anilines is 2. The zero-order chi connectivity index (χ0) is 28.8. The van der Waals surface area contributed by atoms with Crippen molar-refractivity contribution in [1.29, 1.82) is 0 Å². The van der Waals surface area contributed by atoms with Crippen molar-refractivity contribution >= 4 is 43.4 Å². The topological polar surface area (TPSA) is 115 Å². The van der Waals surface area contributed by atoms with Gasteiger partial charge in [0.2, 0.25) is 0 Å². The van der Waals surface area contributed by atoms with Gasteiger partial charge in [-0.15, -0.1) is 0 Å². The number of hydrogen-bond acceptors (Lipinski definition) is 11. The van der Waals surface area contributed by atoms with E-state index in [0.29, 0.717) is 30.9 Å². The second-order valence-corrected chi connectivity index (χ2v) is 12.2. The summed E-state index contributed by atoms with van der Waals surface area (Å²) in [7, 11) is 0. The number of nitrogens with zero attached hydrogens (tertiary/aromatic N) is 6. The number of nitrogens with two attached hydrogens (primary N) is 1. The van der Waals surface area contributed by atoms with Gasteiger partial charge in [0.25, 0.3) is 6.43 Å². The second-order valence-electron chi connectivity index (χ2n) is 11.2. The summed E-state index contributed by atoms with van der Waals surface area (Å²) in [6, 6.07) is 2.70. The Morgan fingerprint density at radius 2 is 1.86 bits per heavy atom. The molecule has 3 fully saturated rings. The molecule has 2 aliphatic heterocycles. The van der Waals surface area contributed by atoms with Gasteiger partial charge in [-0.3, -0.25) is 9.88 Å². The van der Waals surface area contributed by atoms with Crippen molar-refractivity contribution in [2.24, 2.45) is 5.41 Å². The average Bonchev–Trinajstić information content (AvgIpc) is 3.65. The Morgan fingerprint density at radius 3 is 2.60 bits per heavy atom. The van der Waals surface area contributed by atoms with E-state index in [0.717, 1.165) is 70.1 Å². The molecule has 1 saturated carbocycles. The highest BCUT2D eigenvalue weighted by molar-refractivity contribution is 7.22. The number of fused-ring (bicyclic) bond motifs is 2. The van der Waals surface area contributed by atoms with Gasteiger partial charge >= 0.3 is 6.01 Å². The molecular weight excluding hydrogens is 569 g/mol. The molecule has 10 nitrogen and oxygen atoms in total. The molecule has 0 amide bonds. The number of rotatable bonds is 8. The predicted molar refractivity (Wildman–Crippen MR) is 155 cm³/mol. The first-order chi connectivity index (χ1) is 20.4. The van der Waals surface area contributed by atoms with E-state index in [4.69, 9.17) is 20.2 Å². The average molecular weight is 601 g/mol. The highest BCUT2D eigenvalue weighted by Crippen LogP contribution is 2.47. The highest BCUT2D eigenvalue weighted by atomic mass is 32.1. The van der Waals surface area contributed by atoms with Crippen LogP contribution in [-0.4, -0.2) is 90.5 Å². The molecule has 14 heteroatoms. The molecule has 5 heterocycles. The quantitative estimate of drug-likeness (QED) is 0.309. The molecule has 4 aromatic rings. The summed E-state index contributed by atoms with van der Waals surface area (Å²) in [6.45, 7) is 7.26. The van der Waals surface area contributed by atoms with Gasteiger partial charge in [-0.1, -0.05) is 11.3 Å². The molecule has 2 saturated heterocycles. The summed E-state index contributed by atoms with van der Waals surface area (Å²) in [5, 5.41) is 3.86. The van der Waals surface area contributed by atoms with Crippen LogP contribution < -0.4 is 20.7 Å². The molecule has 42 heavy (non-hydrogen) atoms. The number of pyridine rings is 1. The molecule has 0 atom stereocenters. The summed E-state index contributed by atoms with van der Waals surface area (Å²) in [5.41, 5.74) is 5.99. The maximum Gasteiger partial charge on any atom is 0.318 e. The smallest absolute Gasteiger partial charge is 0.318 e. The number of nitrogens with one attached hydrogen (secondary N) is 1. The molecule has 3 aromatic heterocycles. The number of alkyl halides is 2. The van der Waals surface area contributed by atoms with E-state index in [1.165, 1.54) is 18.3 Å². The number of halogens is 3. The first-order valence-electron chi connectivity index (χ1n) is 14.1. The zero-order valence-corrected chi connectivity index (χ0v) is 23.7. The molecule has 1 aromatic carbocycles. The van der Waals surface area contributed by atoms with Crippen LogP contribution in [0.4, 0.5) is 24.1 Å². The Labute approximate surface area is 244 Å². The zero-order valence-electron chi connectivity index (χ0n) is 22.9. The molecule has 0 unspecified atom stereocenters. The fourth-order valence-corrected chi connectivity index (χ4v) is 6.60. The third-order valence-corrected chi connectivity index (χ3v) is 9.16. The van der Waals surface area contributed by atoms with E-state index in [9.17, 15) is 13.2 Å². The van der Waals surface area contributed by atoms with Gasteiger partial charge in [-0.25, -0.2) is 18.2 Å². The van der Waals surface area contributed by atoms with Crippen LogP contribution in [-0.2, 0) is 4.74 Å². The monoisotopic (exact) mass is 600 g/mol. The molecule has 0 bridgehead atoms. The van der Waals surface area contributed by atoms with Crippen molar-refractivity contribution in [3.05, 3.63) is 29.7 Å². The van der Waals surface area contributed by atoms with Crippen molar-refractivity contribution in [2.45, 2.75) is 19.3 Å². The van der Waals surface area contributed by atoms with Crippen molar-refractivity contribution in [1.82, 2.24) is 30.2 Å². The van der Waals surface area contributed by atoms with E-state index in [1.54, 1.807) is 0 Å². The maximum absolute atomic E-state index is 15.0. The number of aromatic nitrogens is 4. The summed E-state index contributed by atoms with van der Waals surface area (Å²) in [5.74, 6) is -0.00921. The predicted octanol–water partition coefficient (Wildman–Crippen LogP) is 3.86. The standard InChI is InChI=1S/C28H31F3N8O2S/c29-18-2-1-16(22-23(18)42-26(32)35-22)20-19(24(30)31)21-17(13-34-20)25(39-7-5-33-6-8-39)37-27(36-21)41-15-28(3-4-28)14-38-9-11-40-12-10-38/h1-2,13,24,33H,3-12,14-15H2,(H2,32,35). The minimum absolute atomic E-state index is 0.00984. The minimum Gasteiger partial charge on any atom is -0.463 e. The van der Waals surface area contributed by atoms with Gasteiger partial charge in [-0.2, -0.15) is 9.97 Å². The highest BCUT2D eigenvalue weighted by Gasteiger charge is 2.45. The number of nitrogen functional groups attached to an aromatic ring is 1. The fourth-order valence-electron chi connectivity index (χ4n) is 5.84. The molecule has 7 rings (SSSR count). The number of benzene rings is 1. The van der Waals surface area contributed by atoms with Crippen LogP contribution in [0.1, 0.15) is 24.8 Å². The van der Waals surface area contributed by atoms with Crippen molar-refractivity contribution in [3.63, 3.8) is 0 Å². The summed E-state index contributed by atoms with van der Waals surface area (Å²) in [4.78, 5) is 22.5. The van der Waals surface area contributed by atoms with E-state index in [-0.39, 0.29) is 49.1 Å². The van der Waals surface area contributed by atoms with E-state index >= 15 is 0 Å². The van der Waals surface area contributed by atoms with E-state index in [2.05, 4.69) is 25.2 Å². The SMILES string of the molecule is Nc1nc2c(-c3ncc4c(N5CCNCC5)nc(OCC5(CN6CCOCC6)CC5)nc4c3C(F)F)ccc(F)c2s1. The number of thiazole rings is 1. The van der Waals surface area contributed by atoms with E-state index in [1.807, 2.05) is 4.90 Å². The maximum atomic E-state index is 15.0. The van der Waals surface area contributed by atoms with Crippen molar-refractivity contribution in [2.75, 3.05) is 76.3 Å². The fraction of sp³-hybridized carbons (Fsp3) is 0.500. The first-order valence-corrected chi connectivity index (χ1v) is 14.9. The normalized spacial score (nSPS) is 19.2. The first kappa shape index (κ1) is 27.5. The molecule has 3 N–H and O–H groups in total. The van der Waals surface area contributed by atoms with Crippen molar-refractivity contribution < 1.29 is 22.6 Å². The second kappa shape index (κ2) is 11.1. The lowest BCUT2D eigenvalue weighted by molar-refractivity contribution is 0.0231. The summed E-state index contributed by atoms with van der Waals surface area (Å²) >= 11 is 0.964. The summed E-state index contributed by atoms with van der Waals surface area (Å²) < 4.78 is 56.4. The molecular formula is C28H31F3N8O2S. The Balaban J connectivity index is 1.31. The van der Waals surface area contributed by atoms with Crippen LogP contribution in [0, 0.1) is 11.2 Å². The van der Waals surface area contributed by atoms with Gasteiger partial charge in [0, 0.05) is 63.0 Å². The molecule has 222 valence electrons.